The molecule has 2 aromatic heterocycles. The quantitative estimate of drug-likeness (QED) is 0.465. The minimum Gasteiger partial charge on any atom is -0.481 e. The van der Waals surface area contributed by atoms with Crippen molar-refractivity contribution < 1.29 is 19.4 Å². The number of anilines is 1. The number of hydrogen-bond donors (Lipinski definition) is 3. The van der Waals surface area contributed by atoms with E-state index >= 15 is 0 Å². The summed E-state index contributed by atoms with van der Waals surface area (Å²) in [6, 6.07) is 14.9. The van der Waals surface area contributed by atoms with E-state index in [4.69, 9.17) is 9.47 Å². The Hall–Kier alpha value is -3.27. The van der Waals surface area contributed by atoms with Crippen molar-refractivity contribution in [1.82, 2.24) is 20.2 Å². The van der Waals surface area contributed by atoms with Crippen molar-refractivity contribution in [3.8, 4) is 11.6 Å². The highest BCUT2D eigenvalue weighted by atomic mass is 16.5. The molecule has 188 valence electrons. The van der Waals surface area contributed by atoms with Gasteiger partial charge < -0.3 is 25.2 Å². The molecule has 6 rings (SSSR count). The molecule has 36 heavy (non-hydrogen) atoms. The number of carbonyl (C=O) groups is 1. The first-order valence-corrected chi connectivity index (χ1v) is 12.6. The summed E-state index contributed by atoms with van der Waals surface area (Å²) in [5.74, 6) is 1.49. The lowest BCUT2D eigenvalue weighted by Crippen LogP contribution is -2.50. The van der Waals surface area contributed by atoms with Gasteiger partial charge in [0.1, 0.15) is 0 Å². The maximum atomic E-state index is 11.6. The first kappa shape index (κ1) is 23.1. The lowest BCUT2D eigenvalue weighted by Gasteiger charge is -2.40. The van der Waals surface area contributed by atoms with Gasteiger partial charge in [0.25, 0.3) is 5.91 Å². The monoisotopic (exact) mass is 489 g/mol. The molecule has 3 N–H and O–H groups in total. The number of amides is 1. The van der Waals surface area contributed by atoms with Crippen molar-refractivity contribution in [3.63, 3.8) is 0 Å². The molecular formula is C27H31N5O4. The molecule has 2 bridgehead atoms. The van der Waals surface area contributed by atoms with Crippen LogP contribution in [0.1, 0.15) is 43.0 Å². The Bertz CT molecular complexity index is 1270. The number of fused-ring (bicyclic) bond motifs is 4. The van der Waals surface area contributed by atoms with Crippen molar-refractivity contribution in [2.75, 3.05) is 25.6 Å². The number of nitrogens with zero attached hydrogens (tertiary/aromatic N) is 3. The van der Waals surface area contributed by atoms with Crippen LogP contribution in [-0.2, 0) is 11.3 Å². The minimum atomic E-state index is -0.613. The molecule has 9 nitrogen and oxygen atoms in total. The molecular weight excluding hydrogens is 458 g/mol. The van der Waals surface area contributed by atoms with Crippen LogP contribution in [0.15, 0.2) is 42.5 Å². The fourth-order valence-corrected chi connectivity index (χ4v) is 5.92. The number of piperidine rings is 1. The van der Waals surface area contributed by atoms with Crippen LogP contribution in [0.25, 0.3) is 10.9 Å². The Morgan fingerprint density at radius 3 is 2.81 bits per heavy atom. The zero-order valence-corrected chi connectivity index (χ0v) is 20.3. The van der Waals surface area contributed by atoms with E-state index in [2.05, 4.69) is 25.5 Å². The highest BCUT2D eigenvalue weighted by molar-refractivity contribution is 5.94. The molecule has 3 aromatic rings. The van der Waals surface area contributed by atoms with Gasteiger partial charge in [-0.3, -0.25) is 9.69 Å². The number of methoxy groups -OCH3 is 1. The molecule has 2 fully saturated rings. The fourth-order valence-electron chi connectivity index (χ4n) is 5.92. The third kappa shape index (κ3) is 4.50. The van der Waals surface area contributed by atoms with Gasteiger partial charge in [-0.1, -0.05) is 18.2 Å². The van der Waals surface area contributed by atoms with E-state index in [0.29, 0.717) is 48.7 Å². The summed E-state index contributed by atoms with van der Waals surface area (Å²) < 4.78 is 10.7. The third-order valence-corrected chi connectivity index (χ3v) is 7.67. The first-order valence-electron chi connectivity index (χ1n) is 12.6. The molecule has 0 spiro atoms. The van der Waals surface area contributed by atoms with Gasteiger partial charge >= 0.3 is 0 Å². The van der Waals surface area contributed by atoms with Gasteiger partial charge in [0.15, 0.2) is 18.2 Å². The number of hydrogen-bond acceptors (Lipinski definition) is 8. The van der Waals surface area contributed by atoms with Crippen molar-refractivity contribution in [2.45, 2.75) is 56.5 Å². The van der Waals surface area contributed by atoms with Crippen LogP contribution in [0.2, 0.25) is 0 Å². The first-order chi connectivity index (χ1) is 17.6. The normalized spacial score (nSPS) is 24.2. The van der Waals surface area contributed by atoms with E-state index in [1.54, 1.807) is 7.11 Å². The predicted octanol–water partition coefficient (Wildman–Crippen LogP) is 2.79. The van der Waals surface area contributed by atoms with Gasteiger partial charge in [0.2, 0.25) is 5.88 Å². The standard InChI is InChI=1S/C27H31N5O4/c1-35-25-10-5-16-3-2-4-21(26(16)31-25)22(33)14-32-19-7-8-20(32)12-18(11-19)28-13-17-6-9-23-27(29-17)30-24(34)15-36-23/h2-6,9-10,18-20,22,28,33H,7-8,11-15H2,1H3,(H,29,30,34). The Labute approximate surface area is 209 Å². The second-order valence-electron chi connectivity index (χ2n) is 9.91. The molecule has 1 amide bonds. The van der Waals surface area contributed by atoms with E-state index in [1.165, 1.54) is 0 Å². The summed E-state index contributed by atoms with van der Waals surface area (Å²) in [5.41, 5.74) is 2.52. The molecule has 0 aliphatic carbocycles. The molecule has 0 radical (unpaired) electrons. The van der Waals surface area contributed by atoms with Gasteiger partial charge in [-0.15, -0.1) is 0 Å². The summed E-state index contributed by atoms with van der Waals surface area (Å²) in [6.45, 7) is 1.28. The maximum Gasteiger partial charge on any atom is 0.263 e. The Kier molecular flexibility index (Phi) is 6.20. The Balaban J connectivity index is 1.09. The van der Waals surface area contributed by atoms with Gasteiger partial charge in [-0.25, -0.2) is 9.97 Å². The van der Waals surface area contributed by atoms with E-state index in [1.807, 2.05) is 42.5 Å². The lowest BCUT2D eigenvalue weighted by molar-refractivity contribution is -0.118. The van der Waals surface area contributed by atoms with Crippen LogP contribution >= 0.6 is 0 Å². The van der Waals surface area contributed by atoms with E-state index in [9.17, 15) is 9.90 Å². The average molecular weight is 490 g/mol. The van der Waals surface area contributed by atoms with Crippen molar-refractivity contribution in [2.24, 2.45) is 0 Å². The van der Waals surface area contributed by atoms with Crippen molar-refractivity contribution in [3.05, 3.63) is 53.7 Å². The summed E-state index contributed by atoms with van der Waals surface area (Å²) in [5, 5.41) is 18.7. The zero-order chi connectivity index (χ0) is 24.6. The number of benzene rings is 1. The second kappa shape index (κ2) is 9.65. The number of nitrogens with one attached hydrogen (secondary N) is 2. The van der Waals surface area contributed by atoms with E-state index in [-0.39, 0.29) is 12.5 Å². The minimum absolute atomic E-state index is 0.0352. The van der Waals surface area contributed by atoms with Gasteiger partial charge in [-0.05, 0) is 43.9 Å². The molecule has 5 heterocycles. The SMILES string of the molecule is COc1ccc2cccc(C(O)CN3C4CCC3CC(NCc3ccc5c(n3)NC(=O)CO5)C4)c2n1. The smallest absolute Gasteiger partial charge is 0.263 e. The highest BCUT2D eigenvalue weighted by Gasteiger charge is 2.41. The fraction of sp³-hybridized carbons (Fsp3) is 0.444. The van der Waals surface area contributed by atoms with Crippen LogP contribution in [-0.4, -0.2) is 64.3 Å². The molecule has 3 unspecified atom stereocenters. The van der Waals surface area contributed by atoms with Crippen molar-refractivity contribution >= 4 is 22.6 Å². The number of aliphatic hydroxyl groups excluding tert-OH is 1. The van der Waals surface area contributed by atoms with Crippen LogP contribution < -0.4 is 20.1 Å². The number of para-hydroxylation sites is 1. The number of aliphatic hydroxyl groups is 1. The van der Waals surface area contributed by atoms with Gasteiger partial charge in [-0.2, -0.15) is 0 Å². The molecule has 3 aliphatic heterocycles. The topological polar surface area (TPSA) is 109 Å². The molecule has 0 saturated carbocycles. The molecule has 2 saturated heterocycles. The molecule has 3 atom stereocenters. The van der Waals surface area contributed by atoms with E-state index < -0.39 is 6.10 Å². The zero-order valence-electron chi connectivity index (χ0n) is 20.3. The number of aromatic nitrogens is 2. The van der Waals surface area contributed by atoms with Gasteiger partial charge in [0, 0.05) is 48.2 Å². The number of pyridine rings is 2. The van der Waals surface area contributed by atoms with Crippen LogP contribution in [0.3, 0.4) is 0 Å². The van der Waals surface area contributed by atoms with Crippen molar-refractivity contribution in [1.29, 1.82) is 0 Å². The predicted molar refractivity (Wildman–Crippen MR) is 135 cm³/mol. The summed E-state index contributed by atoms with van der Waals surface area (Å²) in [7, 11) is 1.61. The highest BCUT2D eigenvalue weighted by Crippen LogP contribution is 2.38. The van der Waals surface area contributed by atoms with Crippen LogP contribution in [0.5, 0.6) is 11.6 Å². The average Bonchev–Trinajstić information content (AvgIpc) is 3.12. The Morgan fingerprint density at radius 1 is 1.17 bits per heavy atom. The maximum absolute atomic E-state index is 11.6. The largest absolute Gasteiger partial charge is 0.481 e. The molecule has 3 aliphatic rings. The molecule has 9 heteroatoms. The second-order valence-corrected chi connectivity index (χ2v) is 9.91. The molecule has 1 aromatic carbocycles. The van der Waals surface area contributed by atoms with Crippen LogP contribution in [0, 0.1) is 0 Å². The van der Waals surface area contributed by atoms with Gasteiger partial charge in [0.05, 0.1) is 24.4 Å². The lowest BCUT2D eigenvalue weighted by atomic mass is 9.95. The number of ether oxygens (including phenoxy) is 2. The van der Waals surface area contributed by atoms with Crippen LogP contribution in [0.4, 0.5) is 5.82 Å². The summed E-state index contributed by atoms with van der Waals surface area (Å²) in [4.78, 5) is 23.2. The summed E-state index contributed by atoms with van der Waals surface area (Å²) >= 11 is 0. The Morgan fingerprint density at radius 2 is 2.00 bits per heavy atom. The van der Waals surface area contributed by atoms with E-state index in [0.717, 1.165) is 47.8 Å². The summed E-state index contributed by atoms with van der Waals surface area (Å²) in [6.07, 6.45) is 3.76. The third-order valence-electron chi connectivity index (χ3n) is 7.67. The number of rotatable bonds is 7. The number of carbonyl (C=O) groups excluding carboxylic acids is 1.